The van der Waals surface area contributed by atoms with Crippen molar-refractivity contribution in [2.24, 2.45) is 0 Å². The smallest absolute Gasteiger partial charge is 0.305 e. The number of hydrogen-bond donors (Lipinski definition) is 0. The van der Waals surface area contributed by atoms with Crippen molar-refractivity contribution in [2.75, 3.05) is 4.90 Å². The highest BCUT2D eigenvalue weighted by Gasteiger charge is 2.65. The van der Waals surface area contributed by atoms with E-state index in [1.807, 2.05) is 19.1 Å². The number of hydrogen-bond acceptors (Lipinski definition) is 4. The van der Waals surface area contributed by atoms with Crippen LogP contribution < -0.4 is 4.90 Å². The molecule has 4 rings (SSSR count). The number of imide groups is 1. The van der Waals surface area contributed by atoms with Gasteiger partial charge in [-0.25, -0.2) is 9.69 Å². The number of rotatable bonds is 5. The Balaban J connectivity index is 1.58. The lowest BCUT2D eigenvalue weighted by Gasteiger charge is -2.21. The summed E-state index contributed by atoms with van der Waals surface area (Å²) in [7, 11) is 0. The molecule has 1 aromatic heterocycles. The molecule has 5 nitrogen and oxygen atoms in total. The summed E-state index contributed by atoms with van der Waals surface area (Å²) in [6.45, 7) is 2.28. The molecule has 0 N–H and O–H groups in total. The second-order valence-electron chi connectivity index (χ2n) is 7.09. The van der Waals surface area contributed by atoms with Gasteiger partial charge < -0.3 is 4.90 Å². The standard InChI is InChI=1S/C20H18F3N3O2S/c1-2-14-11-13(7-10-24-14)12-25-18(28)26(17(27)19(25)8-9-19)15-3-5-16(6-4-15)29-20(21,22)23/h3-7,10-11H,2,8-9,12H2,1H3. The van der Waals surface area contributed by atoms with Gasteiger partial charge in [-0.1, -0.05) is 6.92 Å². The second-order valence-corrected chi connectivity index (χ2v) is 8.23. The zero-order chi connectivity index (χ0) is 20.8. The highest BCUT2D eigenvalue weighted by Crippen LogP contribution is 2.50. The highest BCUT2D eigenvalue weighted by molar-refractivity contribution is 8.00. The van der Waals surface area contributed by atoms with E-state index in [0.29, 0.717) is 19.4 Å². The predicted molar refractivity (Wildman–Crippen MR) is 102 cm³/mol. The summed E-state index contributed by atoms with van der Waals surface area (Å²) in [6.07, 6.45) is 3.62. The Labute approximate surface area is 169 Å². The van der Waals surface area contributed by atoms with E-state index in [9.17, 15) is 22.8 Å². The van der Waals surface area contributed by atoms with Crippen molar-refractivity contribution >= 4 is 29.4 Å². The molecule has 2 fully saturated rings. The third-order valence-corrected chi connectivity index (χ3v) is 5.92. The molecule has 1 spiro atoms. The number of halogens is 3. The molecule has 0 atom stereocenters. The topological polar surface area (TPSA) is 53.5 Å². The van der Waals surface area contributed by atoms with Gasteiger partial charge in [-0.15, -0.1) is 0 Å². The first kappa shape index (κ1) is 19.8. The molecule has 1 saturated carbocycles. The van der Waals surface area contributed by atoms with Gasteiger partial charge in [0, 0.05) is 23.3 Å². The fourth-order valence-electron chi connectivity index (χ4n) is 3.56. The Morgan fingerprint density at radius 3 is 2.41 bits per heavy atom. The van der Waals surface area contributed by atoms with Crippen molar-refractivity contribution in [1.29, 1.82) is 0 Å². The van der Waals surface area contributed by atoms with Crippen LogP contribution >= 0.6 is 11.8 Å². The molecule has 2 aliphatic rings. The maximum atomic E-state index is 13.1. The van der Waals surface area contributed by atoms with Crippen LogP contribution in [0.25, 0.3) is 0 Å². The number of carbonyl (C=O) groups is 2. The average Bonchev–Trinajstić information content (AvgIpc) is 3.45. The largest absolute Gasteiger partial charge is 0.446 e. The first-order chi connectivity index (χ1) is 13.7. The monoisotopic (exact) mass is 421 g/mol. The number of nitrogens with zero attached hydrogens (tertiary/aromatic N) is 3. The van der Waals surface area contributed by atoms with Crippen LogP contribution in [-0.2, 0) is 17.8 Å². The lowest BCUT2D eigenvalue weighted by Crippen LogP contribution is -2.36. The van der Waals surface area contributed by atoms with Gasteiger partial charge in [-0.05, 0) is 73.0 Å². The van der Waals surface area contributed by atoms with E-state index in [4.69, 9.17) is 0 Å². The molecule has 29 heavy (non-hydrogen) atoms. The van der Waals surface area contributed by atoms with Crippen LogP contribution in [0.2, 0.25) is 0 Å². The fourth-order valence-corrected chi connectivity index (χ4v) is 4.10. The minimum absolute atomic E-state index is 0.00205. The average molecular weight is 421 g/mol. The molecule has 1 saturated heterocycles. The van der Waals surface area contributed by atoms with Crippen molar-refractivity contribution in [1.82, 2.24) is 9.88 Å². The molecule has 0 bridgehead atoms. The molecule has 3 amide bonds. The second kappa shape index (κ2) is 7.05. The summed E-state index contributed by atoms with van der Waals surface area (Å²) in [5.41, 5.74) is -3.16. The highest BCUT2D eigenvalue weighted by atomic mass is 32.2. The van der Waals surface area contributed by atoms with Gasteiger partial charge in [-0.3, -0.25) is 9.78 Å². The van der Waals surface area contributed by atoms with Crippen LogP contribution in [0.4, 0.5) is 23.7 Å². The third-order valence-electron chi connectivity index (χ3n) is 5.18. The minimum Gasteiger partial charge on any atom is -0.305 e. The number of amides is 3. The van der Waals surface area contributed by atoms with E-state index in [1.165, 1.54) is 24.3 Å². The van der Waals surface area contributed by atoms with Crippen molar-refractivity contribution < 1.29 is 22.8 Å². The molecular weight excluding hydrogens is 403 g/mol. The number of anilines is 1. The Kier molecular flexibility index (Phi) is 4.80. The summed E-state index contributed by atoms with van der Waals surface area (Å²) in [4.78, 5) is 33.0. The van der Waals surface area contributed by atoms with Crippen LogP contribution in [0.3, 0.4) is 0 Å². The summed E-state index contributed by atoms with van der Waals surface area (Å²) in [6, 6.07) is 8.59. The number of aryl methyl sites for hydroxylation is 1. The van der Waals surface area contributed by atoms with E-state index in [1.54, 1.807) is 11.1 Å². The van der Waals surface area contributed by atoms with Gasteiger partial charge in [0.05, 0.1) is 5.69 Å². The number of pyridine rings is 1. The Bertz CT molecular complexity index is 958. The molecule has 0 unspecified atom stereocenters. The van der Waals surface area contributed by atoms with E-state index >= 15 is 0 Å². The maximum Gasteiger partial charge on any atom is 0.446 e. The van der Waals surface area contributed by atoms with Crippen LogP contribution in [-0.4, -0.2) is 32.9 Å². The first-order valence-corrected chi connectivity index (χ1v) is 10.0. The lowest BCUT2D eigenvalue weighted by atomic mass is 10.1. The Morgan fingerprint density at radius 1 is 1.14 bits per heavy atom. The quantitative estimate of drug-likeness (QED) is 0.516. The molecule has 1 aliphatic heterocycles. The molecule has 0 radical (unpaired) electrons. The van der Waals surface area contributed by atoms with Gasteiger partial charge in [0.1, 0.15) is 5.54 Å². The zero-order valence-corrected chi connectivity index (χ0v) is 16.4. The van der Waals surface area contributed by atoms with Crippen molar-refractivity contribution in [3.8, 4) is 0 Å². The molecule has 152 valence electrons. The number of urea groups is 1. The van der Waals surface area contributed by atoms with Gasteiger partial charge in [-0.2, -0.15) is 13.2 Å². The van der Waals surface area contributed by atoms with Gasteiger partial charge in [0.15, 0.2) is 0 Å². The van der Waals surface area contributed by atoms with Crippen LogP contribution in [0.5, 0.6) is 0 Å². The number of carbonyl (C=O) groups excluding carboxylic acids is 2. The fraction of sp³-hybridized carbons (Fsp3) is 0.350. The maximum absolute atomic E-state index is 13.1. The van der Waals surface area contributed by atoms with Crippen LogP contribution in [0.1, 0.15) is 31.0 Å². The summed E-state index contributed by atoms with van der Waals surface area (Å²) < 4.78 is 37.6. The predicted octanol–water partition coefficient (Wildman–Crippen LogP) is 4.76. The number of benzene rings is 1. The van der Waals surface area contributed by atoms with E-state index < -0.39 is 17.1 Å². The molecule has 2 aromatic rings. The lowest BCUT2D eigenvalue weighted by molar-refractivity contribution is -0.120. The van der Waals surface area contributed by atoms with E-state index in [0.717, 1.165) is 22.6 Å². The minimum atomic E-state index is -4.39. The summed E-state index contributed by atoms with van der Waals surface area (Å²) in [5.74, 6) is -0.316. The summed E-state index contributed by atoms with van der Waals surface area (Å²) >= 11 is -0.233. The number of alkyl halides is 3. The van der Waals surface area contributed by atoms with E-state index in [-0.39, 0.29) is 28.3 Å². The zero-order valence-electron chi connectivity index (χ0n) is 15.6. The molecule has 2 heterocycles. The Morgan fingerprint density at radius 2 is 1.83 bits per heavy atom. The number of thioether (sulfide) groups is 1. The van der Waals surface area contributed by atoms with Crippen molar-refractivity contribution in [2.45, 2.75) is 48.7 Å². The normalized spacial score (nSPS) is 18.1. The first-order valence-electron chi connectivity index (χ1n) is 9.19. The van der Waals surface area contributed by atoms with Gasteiger partial charge in [0.25, 0.3) is 5.91 Å². The van der Waals surface area contributed by atoms with Crippen LogP contribution in [0.15, 0.2) is 47.5 Å². The van der Waals surface area contributed by atoms with Crippen molar-refractivity contribution in [3.63, 3.8) is 0 Å². The molecule has 1 aliphatic carbocycles. The Hall–Kier alpha value is -2.55. The van der Waals surface area contributed by atoms with Crippen LogP contribution in [0, 0.1) is 0 Å². The summed E-state index contributed by atoms with van der Waals surface area (Å²) in [5, 5.41) is 0. The molecular formula is C20H18F3N3O2S. The molecule has 9 heteroatoms. The van der Waals surface area contributed by atoms with Gasteiger partial charge in [0.2, 0.25) is 0 Å². The molecule has 1 aromatic carbocycles. The van der Waals surface area contributed by atoms with Gasteiger partial charge >= 0.3 is 11.5 Å². The van der Waals surface area contributed by atoms with Crippen molar-refractivity contribution in [3.05, 3.63) is 53.9 Å². The number of aromatic nitrogens is 1. The third kappa shape index (κ3) is 3.71. The SMILES string of the molecule is CCc1cc(CN2C(=O)N(c3ccc(SC(F)(F)F)cc3)C(=O)C23CC3)ccn1. The van der Waals surface area contributed by atoms with E-state index in [2.05, 4.69) is 4.98 Å².